The van der Waals surface area contributed by atoms with Gasteiger partial charge < -0.3 is 14.6 Å². The summed E-state index contributed by atoms with van der Waals surface area (Å²) in [6.45, 7) is 5.18. The first-order valence-corrected chi connectivity index (χ1v) is 4.51. The molecule has 0 aromatic heterocycles. The minimum atomic E-state index is -0.361. The minimum Gasteiger partial charge on any atom is -0.390 e. The first kappa shape index (κ1) is 11.9. The Bertz CT molecular complexity index is 95.8. The van der Waals surface area contributed by atoms with Gasteiger partial charge in [0.25, 0.3) is 0 Å². The zero-order valence-corrected chi connectivity index (χ0v) is 8.25. The third-order valence-corrected chi connectivity index (χ3v) is 1.82. The lowest BCUT2D eigenvalue weighted by molar-refractivity contribution is -0.0274. The Morgan fingerprint density at radius 3 is 2.58 bits per heavy atom. The molecule has 3 nitrogen and oxygen atoms in total. The largest absolute Gasteiger partial charge is 0.390 e. The smallest absolute Gasteiger partial charge is 0.0805 e. The molecule has 0 aromatic carbocycles. The Balaban J connectivity index is 3.35. The average Bonchev–Trinajstić information content (AvgIpc) is 2.05. The van der Waals surface area contributed by atoms with Gasteiger partial charge in [-0.3, -0.25) is 0 Å². The van der Waals surface area contributed by atoms with Gasteiger partial charge in [0.2, 0.25) is 0 Å². The Morgan fingerprint density at radius 1 is 1.42 bits per heavy atom. The van der Waals surface area contributed by atoms with Crippen LogP contribution >= 0.6 is 0 Å². The Labute approximate surface area is 74.7 Å². The highest BCUT2D eigenvalue weighted by molar-refractivity contribution is 4.63. The van der Waals surface area contributed by atoms with Crippen molar-refractivity contribution < 1.29 is 14.6 Å². The molecule has 0 aliphatic rings. The topological polar surface area (TPSA) is 38.7 Å². The summed E-state index contributed by atoms with van der Waals surface area (Å²) in [4.78, 5) is 0. The lowest BCUT2D eigenvalue weighted by Crippen LogP contribution is -2.26. The van der Waals surface area contributed by atoms with Crippen LogP contribution in [-0.2, 0) is 9.47 Å². The van der Waals surface area contributed by atoms with Gasteiger partial charge in [-0.2, -0.15) is 0 Å². The molecule has 0 aliphatic carbocycles. The van der Waals surface area contributed by atoms with Crippen LogP contribution < -0.4 is 0 Å². The van der Waals surface area contributed by atoms with E-state index in [9.17, 15) is 5.11 Å². The van der Waals surface area contributed by atoms with Gasteiger partial charge in [-0.15, -0.1) is 0 Å². The third kappa shape index (κ3) is 5.52. The third-order valence-electron chi connectivity index (χ3n) is 1.82. The van der Waals surface area contributed by atoms with Gasteiger partial charge in [-0.1, -0.05) is 0 Å². The average molecular weight is 176 g/mol. The van der Waals surface area contributed by atoms with E-state index in [-0.39, 0.29) is 12.2 Å². The SMILES string of the molecule is CCOC(C)C(O)CCCOC. The van der Waals surface area contributed by atoms with Crippen molar-refractivity contribution in [3.63, 3.8) is 0 Å². The first-order valence-electron chi connectivity index (χ1n) is 4.51. The van der Waals surface area contributed by atoms with Gasteiger partial charge in [0.05, 0.1) is 12.2 Å². The molecule has 0 saturated heterocycles. The molecule has 3 heteroatoms. The van der Waals surface area contributed by atoms with E-state index in [4.69, 9.17) is 9.47 Å². The summed E-state index contributed by atoms with van der Waals surface area (Å²) in [7, 11) is 1.67. The van der Waals surface area contributed by atoms with Gasteiger partial charge in [-0.25, -0.2) is 0 Å². The molecule has 0 rings (SSSR count). The van der Waals surface area contributed by atoms with E-state index in [1.165, 1.54) is 0 Å². The van der Waals surface area contributed by atoms with Crippen LogP contribution in [0.1, 0.15) is 26.7 Å². The van der Waals surface area contributed by atoms with E-state index < -0.39 is 0 Å². The highest BCUT2D eigenvalue weighted by Crippen LogP contribution is 2.05. The molecule has 74 valence electrons. The minimum absolute atomic E-state index is 0.0631. The maximum absolute atomic E-state index is 9.49. The van der Waals surface area contributed by atoms with Gasteiger partial charge >= 0.3 is 0 Å². The van der Waals surface area contributed by atoms with E-state index in [1.807, 2.05) is 13.8 Å². The van der Waals surface area contributed by atoms with Crippen LogP contribution in [0.5, 0.6) is 0 Å². The molecule has 0 amide bonds. The zero-order chi connectivity index (χ0) is 9.40. The van der Waals surface area contributed by atoms with Crippen molar-refractivity contribution in [1.82, 2.24) is 0 Å². The second-order valence-corrected chi connectivity index (χ2v) is 2.86. The molecule has 0 radical (unpaired) electrons. The number of methoxy groups -OCH3 is 1. The number of aliphatic hydroxyl groups is 1. The lowest BCUT2D eigenvalue weighted by atomic mass is 10.1. The zero-order valence-electron chi connectivity index (χ0n) is 8.25. The van der Waals surface area contributed by atoms with Crippen LogP contribution in [0.4, 0.5) is 0 Å². The number of aliphatic hydroxyl groups excluding tert-OH is 1. The molecule has 0 heterocycles. The maximum atomic E-state index is 9.49. The van der Waals surface area contributed by atoms with Crippen LogP contribution in [-0.4, -0.2) is 37.6 Å². The fourth-order valence-corrected chi connectivity index (χ4v) is 1.05. The van der Waals surface area contributed by atoms with Crippen molar-refractivity contribution in [3.8, 4) is 0 Å². The van der Waals surface area contributed by atoms with Crippen LogP contribution in [0.3, 0.4) is 0 Å². The Hall–Kier alpha value is -0.120. The standard InChI is InChI=1S/C9H20O3/c1-4-12-8(2)9(10)6-5-7-11-3/h8-10H,4-7H2,1-3H3. The summed E-state index contributed by atoms with van der Waals surface area (Å²) in [6, 6.07) is 0. The number of hydrogen-bond donors (Lipinski definition) is 1. The molecule has 0 bridgehead atoms. The molecule has 12 heavy (non-hydrogen) atoms. The molecule has 0 fully saturated rings. The molecular formula is C9H20O3. The molecule has 0 aliphatic heterocycles. The van der Waals surface area contributed by atoms with Crippen LogP contribution in [0.25, 0.3) is 0 Å². The lowest BCUT2D eigenvalue weighted by Gasteiger charge is -2.18. The predicted molar refractivity (Wildman–Crippen MR) is 48.2 cm³/mol. The predicted octanol–water partition coefficient (Wildman–Crippen LogP) is 1.20. The second kappa shape index (κ2) is 7.53. The monoisotopic (exact) mass is 176 g/mol. The molecule has 1 N–H and O–H groups in total. The van der Waals surface area contributed by atoms with Crippen LogP contribution in [0, 0.1) is 0 Å². The van der Waals surface area contributed by atoms with Crippen molar-refractivity contribution in [2.24, 2.45) is 0 Å². The van der Waals surface area contributed by atoms with E-state index >= 15 is 0 Å². The molecule has 0 aromatic rings. The van der Waals surface area contributed by atoms with E-state index in [0.717, 1.165) is 12.8 Å². The first-order chi connectivity index (χ1) is 5.72. The normalized spacial score (nSPS) is 16.0. The highest BCUT2D eigenvalue weighted by atomic mass is 16.5. The maximum Gasteiger partial charge on any atom is 0.0805 e. The summed E-state index contributed by atoms with van der Waals surface area (Å²) in [5, 5.41) is 9.49. The fourth-order valence-electron chi connectivity index (χ4n) is 1.05. The summed E-state index contributed by atoms with van der Waals surface area (Å²) < 4.78 is 10.1. The van der Waals surface area contributed by atoms with Crippen LogP contribution in [0.15, 0.2) is 0 Å². The highest BCUT2D eigenvalue weighted by Gasteiger charge is 2.12. The molecular weight excluding hydrogens is 156 g/mol. The van der Waals surface area contributed by atoms with Crippen molar-refractivity contribution in [2.45, 2.75) is 38.9 Å². The van der Waals surface area contributed by atoms with Crippen molar-refractivity contribution in [2.75, 3.05) is 20.3 Å². The van der Waals surface area contributed by atoms with Gasteiger partial charge in [0, 0.05) is 20.3 Å². The van der Waals surface area contributed by atoms with Crippen molar-refractivity contribution in [1.29, 1.82) is 0 Å². The van der Waals surface area contributed by atoms with Crippen molar-refractivity contribution >= 4 is 0 Å². The second-order valence-electron chi connectivity index (χ2n) is 2.86. The summed E-state index contributed by atoms with van der Waals surface area (Å²) in [5.74, 6) is 0. The van der Waals surface area contributed by atoms with Gasteiger partial charge in [0.1, 0.15) is 0 Å². The van der Waals surface area contributed by atoms with E-state index in [2.05, 4.69) is 0 Å². The Kier molecular flexibility index (Phi) is 7.45. The van der Waals surface area contributed by atoms with Gasteiger partial charge in [0.15, 0.2) is 0 Å². The van der Waals surface area contributed by atoms with Crippen molar-refractivity contribution in [3.05, 3.63) is 0 Å². The fraction of sp³-hybridized carbons (Fsp3) is 1.00. The van der Waals surface area contributed by atoms with E-state index in [0.29, 0.717) is 13.2 Å². The summed E-state index contributed by atoms with van der Waals surface area (Å²) in [6.07, 6.45) is 1.20. The Morgan fingerprint density at radius 2 is 2.08 bits per heavy atom. The molecule has 2 unspecified atom stereocenters. The van der Waals surface area contributed by atoms with Gasteiger partial charge in [-0.05, 0) is 26.7 Å². The molecule has 2 atom stereocenters. The van der Waals surface area contributed by atoms with E-state index in [1.54, 1.807) is 7.11 Å². The number of rotatable bonds is 7. The molecule has 0 spiro atoms. The number of hydrogen-bond acceptors (Lipinski definition) is 3. The summed E-state index contributed by atoms with van der Waals surface area (Å²) in [5.41, 5.74) is 0. The summed E-state index contributed by atoms with van der Waals surface area (Å²) >= 11 is 0. The van der Waals surface area contributed by atoms with Crippen LogP contribution in [0.2, 0.25) is 0 Å². The quantitative estimate of drug-likeness (QED) is 0.592. The molecule has 0 saturated carbocycles. The number of ether oxygens (including phenoxy) is 2.